The Balaban J connectivity index is 3.23. The van der Waals surface area contributed by atoms with Crippen LogP contribution in [0.25, 0.3) is 0 Å². The lowest BCUT2D eigenvalue weighted by atomic mass is 10.1. The Morgan fingerprint density at radius 3 is 2.88 bits per heavy atom. The minimum Gasteiger partial charge on any atom is -0.488 e. The highest BCUT2D eigenvalue weighted by atomic mass is 19.1. The summed E-state index contributed by atoms with van der Waals surface area (Å²) in [6.45, 7) is 5.31. The maximum Gasteiger partial charge on any atom is 0.165 e. The van der Waals surface area contributed by atoms with Crippen molar-refractivity contribution in [2.45, 2.75) is 13.3 Å². The Hall–Kier alpha value is -2.15. The van der Waals surface area contributed by atoms with E-state index in [0.29, 0.717) is 0 Å². The zero-order valence-corrected chi connectivity index (χ0v) is 9.50. The van der Waals surface area contributed by atoms with Gasteiger partial charge in [-0.05, 0) is 12.1 Å². The summed E-state index contributed by atoms with van der Waals surface area (Å²) in [6, 6.07) is 4.10. The Labute approximate surface area is 99.1 Å². The summed E-state index contributed by atoms with van der Waals surface area (Å²) >= 11 is 0. The van der Waals surface area contributed by atoms with Crippen molar-refractivity contribution in [3.05, 3.63) is 41.7 Å². The fraction of sp³-hybridized carbons (Fsp3) is 0.231. The lowest BCUT2D eigenvalue weighted by molar-refractivity contribution is 0.0984. The number of ketones is 1. The Bertz CT molecular complexity index is 489. The quantitative estimate of drug-likeness (QED) is 0.580. The molecule has 0 aliphatic heterocycles. The highest BCUT2D eigenvalue weighted by Crippen LogP contribution is 2.23. The molecular formula is C13H12FNO2. The van der Waals surface area contributed by atoms with Gasteiger partial charge in [-0.15, -0.1) is 0 Å². The molecule has 0 heterocycles. The van der Waals surface area contributed by atoms with Crippen LogP contribution in [0.15, 0.2) is 24.8 Å². The molecule has 88 valence electrons. The highest BCUT2D eigenvalue weighted by molar-refractivity contribution is 5.96. The van der Waals surface area contributed by atoms with Crippen molar-refractivity contribution < 1.29 is 13.9 Å². The van der Waals surface area contributed by atoms with E-state index in [1.807, 2.05) is 6.07 Å². The highest BCUT2D eigenvalue weighted by Gasteiger charge is 2.15. The van der Waals surface area contributed by atoms with Gasteiger partial charge in [0.2, 0.25) is 0 Å². The second-order valence-corrected chi connectivity index (χ2v) is 3.32. The average molecular weight is 233 g/mol. The van der Waals surface area contributed by atoms with E-state index in [4.69, 9.17) is 10.00 Å². The van der Waals surface area contributed by atoms with Crippen LogP contribution in [0.3, 0.4) is 0 Å². The molecule has 0 saturated carbocycles. The predicted molar refractivity (Wildman–Crippen MR) is 61.4 cm³/mol. The Kier molecular flexibility index (Phi) is 4.41. The number of hydrogen-bond acceptors (Lipinski definition) is 3. The van der Waals surface area contributed by atoms with E-state index in [-0.39, 0.29) is 35.7 Å². The van der Waals surface area contributed by atoms with Crippen LogP contribution in [0.4, 0.5) is 4.39 Å². The van der Waals surface area contributed by atoms with Crippen molar-refractivity contribution in [2.24, 2.45) is 0 Å². The molecule has 0 bridgehead atoms. The van der Waals surface area contributed by atoms with Gasteiger partial charge in [0.25, 0.3) is 0 Å². The van der Waals surface area contributed by atoms with Gasteiger partial charge in [-0.25, -0.2) is 4.39 Å². The SMILES string of the molecule is C=CCOc1cc(C(=O)CC)c(F)cc1C#N. The molecule has 1 rings (SSSR count). The van der Waals surface area contributed by atoms with Crippen molar-refractivity contribution in [2.75, 3.05) is 6.61 Å². The molecule has 4 heteroatoms. The first-order chi connectivity index (χ1) is 8.13. The van der Waals surface area contributed by atoms with Gasteiger partial charge in [-0.2, -0.15) is 5.26 Å². The monoisotopic (exact) mass is 233 g/mol. The van der Waals surface area contributed by atoms with Crippen LogP contribution in [0, 0.1) is 17.1 Å². The molecule has 0 aliphatic rings. The molecule has 0 radical (unpaired) electrons. The summed E-state index contributed by atoms with van der Waals surface area (Å²) in [5.74, 6) is -0.819. The first kappa shape index (κ1) is 12.9. The predicted octanol–water partition coefficient (Wildman–Crippen LogP) is 2.85. The smallest absolute Gasteiger partial charge is 0.165 e. The summed E-state index contributed by atoms with van der Waals surface area (Å²) in [5, 5.41) is 8.82. The van der Waals surface area contributed by atoms with E-state index in [0.717, 1.165) is 6.07 Å². The van der Waals surface area contributed by atoms with Gasteiger partial charge in [-0.3, -0.25) is 4.79 Å². The lowest BCUT2D eigenvalue weighted by Crippen LogP contribution is -2.04. The molecule has 0 fully saturated rings. The van der Waals surface area contributed by atoms with Gasteiger partial charge in [0.05, 0.1) is 11.1 Å². The number of carbonyl (C=O) groups is 1. The number of ether oxygens (including phenoxy) is 1. The fourth-order valence-electron chi connectivity index (χ4n) is 1.31. The van der Waals surface area contributed by atoms with Crippen LogP contribution in [0.2, 0.25) is 0 Å². The van der Waals surface area contributed by atoms with Crippen molar-refractivity contribution in [1.82, 2.24) is 0 Å². The second-order valence-electron chi connectivity index (χ2n) is 3.32. The summed E-state index contributed by atoms with van der Waals surface area (Å²) in [7, 11) is 0. The first-order valence-electron chi connectivity index (χ1n) is 5.14. The van der Waals surface area contributed by atoms with E-state index < -0.39 is 5.82 Å². The van der Waals surface area contributed by atoms with Crippen molar-refractivity contribution in [3.8, 4) is 11.8 Å². The summed E-state index contributed by atoms with van der Waals surface area (Å²) in [4.78, 5) is 11.5. The van der Waals surface area contributed by atoms with Crippen molar-refractivity contribution >= 4 is 5.78 Å². The van der Waals surface area contributed by atoms with Gasteiger partial charge in [0.1, 0.15) is 24.2 Å². The van der Waals surface area contributed by atoms with Crippen LogP contribution in [-0.4, -0.2) is 12.4 Å². The zero-order valence-electron chi connectivity index (χ0n) is 9.50. The Morgan fingerprint density at radius 1 is 1.65 bits per heavy atom. The number of Topliss-reactive ketones (excluding diaryl/α,β-unsaturated/α-hetero) is 1. The minimum absolute atomic E-state index is 0.0504. The molecule has 1 aromatic carbocycles. The minimum atomic E-state index is -0.695. The molecule has 3 nitrogen and oxygen atoms in total. The summed E-state index contributed by atoms with van der Waals surface area (Å²) in [6.07, 6.45) is 1.70. The zero-order chi connectivity index (χ0) is 12.8. The molecule has 0 amide bonds. The summed E-state index contributed by atoms with van der Waals surface area (Å²) < 4.78 is 18.7. The molecule has 17 heavy (non-hydrogen) atoms. The molecule has 0 aromatic heterocycles. The van der Waals surface area contributed by atoms with Crippen LogP contribution in [-0.2, 0) is 0 Å². The maximum absolute atomic E-state index is 13.5. The number of nitrogens with zero attached hydrogens (tertiary/aromatic N) is 1. The molecular weight excluding hydrogens is 221 g/mol. The van der Waals surface area contributed by atoms with E-state index in [1.165, 1.54) is 12.1 Å². The van der Waals surface area contributed by atoms with Crippen LogP contribution < -0.4 is 4.74 Å². The molecule has 0 unspecified atom stereocenters. The van der Waals surface area contributed by atoms with Gasteiger partial charge < -0.3 is 4.74 Å². The van der Waals surface area contributed by atoms with E-state index in [9.17, 15) is 9.18 Å². The third-order valence-corrected chi connectivity index (χ3v) is 2.17. The number of halogens is 1. The number of nitriles is 1. The molecule has 0 N–H and O–H groups in total. The number of carbonyl (C=O) groups excluding carboxylic acids is 1. The average Bonchev–Trinajstić information content (AvgIpc) is 2.35. The molecule has 0 aliphatic carbocycles. The lowest BCUT2D eigenvalue weighted by Gasteiger charge is -2.08. The van der Waals surface area contributed by atoms with Crippen LogP contribution in [0.1, 0.15) is 29.3 Å². The van der Waals surface area contributed by atoms with E-state index in [1.54, 1.807) is 6.92 Å². The van der Waals surface area contributed by atoms with Gasteiger partial charge in [0.15, 0.2) is 5.78 Å². The van der Waals surface area contributed by atoms with E-state index >= 15 is 0 Å². The molecule has 0 saturated heterocycles. The summed E-state index contributed by atoms with van der Waals surface area (Å²) in [5.41, 5.74) is 0.0163. The van der Waals surface area contributed by atoms with E-state index in [2.05, 4.69) is 6.58 Å². The number of rotatable bonds is 5. The Morgan fingerprint density at radius 2 is 2.35 bits per heavy atom. The molecule has 0 atom stereocenters. The van der Waals surface area contributed by atoms with Gasteiger partial charge >= 0.3 is 0 Å². The third kappa shape index (κ3) is 2.91. The van der Waals surface area contributed by atoms with Gasteiger partial charge in [-0.1, -0.05) is 19.6 Å². The largest absolute Gasteiger partial charge is 0.488 e. The van der Waals surface area contributed by atoms with Crippen LogP contribution >= 0.6 is 0 Å². The number of hydrogen-bond donors (Lipinski definition) is 0. The molecule has 1 aromatic rings. The third-order valence-electron chi connectivity index (χ3n) is 2.17. The number of benzene rings is 1. The second kappa shape index (κ2) is 5.80. The van der Waals surface area contributed by atoms with Gasteiger partial charge in [0, 0.05) is 6.42 Å². The fourth-order valence-corrected chi connectivity index (χ4v) is 1.31. The first-order valence-corrected chi connectivity index (χ1v) is 5.14. The van der Waals surface area contributed by atoms with Crippen molar-refractivity contribution in [1.29, 1.82) is 5.26 Å². The maximum atomic E-state index is 13.5. The normalized spacial score (nSPS) is 9.47. The van der Waals surface area contributed by atoms with Crippen molar-refractivity contribution in [3.63, 3.8) is 0 Å². The standard InChI is InChI=1S/C13H12FNO2/c1-3-5-17-13-7-10(12(16)4-2)11(14)6-9(13)8-15/h3,6-7H,1,4-5H2,2H3. The topological polar surface area (TPSA) is 50.1 Å². The van der Waals surface area contributed by atoms with Crippen LogP contribution in [0.5, 0.6) is 5.75 Å². The molecule has 0 spiro atoms.